The number of phenolic OH excluding ortho intramolecular Hbond substituents is 1. The molecule has 3 rings (SSSR count). The number of para-hydroxylation sites is 1. The van der Waals surface area contributed by atoms with Gasteiger partial charge in [-0.3, -0.25) is 0 Å². The lowest BCUT2D eigenvalue weighted by molar-refractivity contribution is 0.453. The molecule has 2 unspecified atom stereocenters. The number of phenols is 1. The van der Waals surface area contributed by atoms with E-state index in [4.69, 9.17) is 0 Å². The molecule has 7 heteroatoms. The minimum absolute atomic E-state index is 0. The van der Waals surface area contributed by atoms with Crippen LogP contribution in [0.4, 0.5) is 0 Å². The molecule has 3 N–H and O–H groups in total. The van der Waals surface area contributed by atoms with Crippen LogP contribution in [-0.4, -0.2) is 37.9 Å². The van der Waals surface area contributed by atoms with E-state index < -0.39 is 10.0 Å². The quantitative estimate of drug-likeness (QED) is 0.701. The summed E-state index contributed by atoms with van der Waals surface area (Å²) in [6.07, 6.45) is 1.33. The van der Waals surface area contributed by atoms with Crippen molar-refractivity contribution in [1.29, 1.82) is 0 Å². The summed E-state index contributed by atoms with van der Waals surface area (Å²) in [7, 11) is -3.24. The van der Waals surface area contributed by atoms with Crippen molar-refractivity contribution in [2.45, 2.75) is 31.8 Å². The second kappa shape index (κ2) is 8.86. The highest BCUT2D eigenvalue weighted by atomic mass is 35.5. The third-order valence-electron chi connectivity index (χ3n) is 4.70. The van der Waals surface area contributed by atoms with Gasteiger partial charge in [0.15, 0.2) is 0 Å². The first-order valence-electron chi connectivity index (χ1n) is 8.60. The smallest absolute Gasteiger partial charge is 0.211 e. The Morgan fingerprint density at radius 3 is 2.58 bits per heavy atom. The third-order valence-corrected chi connectivity index (χ3v) is 6.12. The van der Waals surface area contributed by atoms with Crippen LogP contribution in [0.5, 0.6) is 5.75 Å². The molecule has 0 bridgehead atoms. The normalized spacial score (nSPS) is 19.9. The summed E-state index contributed by atoms with van der Waals surface area (Å²) >= 11 is 0. The monoisotopic (exact) mass is 396 g/mol. The number of hydrogen-bond donors (Lipinski definition) is 3. The number of halogens is 1. The average Bonchev–Trinajstić information content (AvgIpc) is 3.03. The number of nitrogens with one attached hydrogen (secondary N) is 2. The third kappa shape index (κ3) is 4.76. The number of aromatic hydroxyl groups is 1. The van der Waals surface area contributed by atoms with Gasteiger partial charge >= 0.3 is 0 Å². The maximum Gasteiger partial charge on any atom is 0.211 e. The molecule has 2 aromatic carbocycles. The Hall–Kier alpha value is -1.60. The summed E-state index contributed by atoms with van der Waals surface area (Å²) in [5.74, 6) is 0.338. The fourth-order valence-corrected chi connectivity index (χ4v) is 4.19. The van der Waals surface area contributed by atoms with Crippen LogP contribution in [-0.2, 0) is 16.4 Å². The van der Waals surface area contributed by atoms with E-state index in [0.29, 0.717) is 6.42 Å². The number of hydrogen-bond acceptors (Lipinski definition) is 4. The van der Waals surface area contributed by atoms with Crippen LogP contribution in [0.2, 0.25) is 0 Å². The van der Waals surface area contributed by atoms with Crippen molar-refractivity contribution in [2.75, 3.05) is 12.3 Å². The molecule has 0 aromatic heterocycles. The van der Waals surface area contributed by atoms with Gasteiger partial charge in [0.05, 0.1) is 5.75 Å². The molecule has 0 aliphatic carbocycles. The van der Waals surface area contributed by atoms with Crippen LogP contribution in [0.1, 0.15) is 18.9 Å². The van der Waals surface area contributed by atoms with Crippen LogP contribution in [0.25, 0.3) is 11.1 Å². The van der Waals surface area contributed by atoms with Gasteiger partial charge < -0.3 is 10.4 Å². The van der Waals surface area contributed by atoms with Crippen molar-refractivity contribution < 1.29 is 13.5 Å². The first-order chi connectivity index (χ1) is 12.0. The standard InChI is InChI=1S/C19H24N2O3S.ClH/c1-2-25(23,24)21-17-11-12-20-18(17)13-15-9-6-10-16(19(15)22)14-7-4-3-5-8-14;/h3-10,17-18,20-22H,2,11-13H2,1H3;1H. The second-order valence-electron chi connectivity index (χ2n) is 6.36. The largest absolute Gasteiger partial charge is 0.507 e. The lowest BCUT2D eigenvalue weighted by atomic mass is 9.96. The molecule has 2 aromatic rings. The van der Waals surface area contributed by atoms with Gasteiger partial charge in [0, 0.05) is 17.6 Å². The van der Waals surface area contributed by atoms with Crippen molar-refractivity contribution in [3.63, 3.8) is 0 Å². The SMILES string of the molecule is CCS(=O)(=O)NC1CCNC1Cc1cccc(-c2ccccc2)c1O.Cl. The van der Waals surface area contributed by atoms with Gasteiger partial charge in [0.1, 0.15) is 5.75 Å². The van der Waals surface area contributed by atoms with Crippen LogP contribution >= 0.6 is 12.4 Å². The van der Waals surface area contributed by atoms with Gasteiger partial charge in [-0.2, -0.15) is 0 Å². The fraction of sp³-hybridized carbons (Fsp3) is 0.368. The Bertz CT molecular complexity index is 828. The lowest BCUT2D eigenvalue weighted by Crippen LogP contribution is -2.45. The molecule has 0 saturated carbocycles. The molecule has 0 radical (unpaired) electrons. The van der Waals surface area contributed by atoms with E-state index in [1.165, 1.54) is 0 Å². The van der Waals surface area contributed by atoms with Crippen LogP contribution < -0.4 is 10.0 Å². The van der Waals surface area contributed by atoms with Crippen LogP contribution in [0.3, 0.4) is 0 Å². The van der Waals surface area contributed by atoms with Gasteiger partial charge in [-0.25, -0.2) is 13.1 Å². The molecule has 1 saturated heterocycles. The van der Waals surface area contributed by atoms with Crippen molar-refractivity contribution >= 4 is 22.4 Å². The Morgan fingerprint density at radius 1 is 1.15 bits per heavy atom. The van der Waals surface area contributed by atoms with E-state index in [9.17, 15) is 13.5 Å². The van der Waals surface area contributed by atoms with E-state index in [0.717, 1.165) is 29.7 Å². The van der Waals surface area contributed by atoms with E-state index >= 15 is 0 Å². The lowest BCUT2D eigenvalue weighted by Gasteiger charge is -2.21. The summed E-state index contributed by atoms with van der Waals surface area (Å²) in [5.41, 5.74) is 2.58. The van der Waals surface area contributed by atoms with E-state index in [-0.39, 0.29) is 36.0 Å². The first-order valence-corrected chi connectivity index (χ1v) is 10.2. The fourth-order valence-electron chi connectivity index (χ4n) is 3.28. The van der Waals surface area contributed by atoms with Gasteiger partial charge in [0.2, 0.25) is 10.0 Å². The number of rotatable bonds is 6. The highest BCUT2D eigenvalue weighted by Gasteiger charge is 2.30. The highest BCUT2D eigenvalue weighted by molar-refractivity contribution is 7.89. The second-order valence-corrected chi connectivity index (χ2v) is 8.40. The van der Waals surface area contributed by atoms with Crippen molar-refractivity contribution in [3.8, 4) is 16.9 Å². The molecule has 1 aliphatic heterocycles. The maximum atomic E-state index is 11.9. The number of benzene rings is 2. The molecule has 0 amide bonds. The highest BCUT2D eigenvalue weighted by Crippen LogP contribution is 2.33. The molecule has 1 aliphatic rings. The molecule has 2 atom stereocenters. The van der Waals surface area contributed by atoms with Gasteiger partial charge in [-0.15, -0.1) is 12.4 Å². The molecule has 5 nitrogen and oxygen atoms in total. The summed E-state index contributed by atoms with van der Waals surface area (Å²) < 4.78 is 26.5. The number of sulfonamides is 1. The predicted octanol–water partition coefficient (Wildman–Crippen LogP) is 2.69. The summed E-state index contributed by atoms with van der Waals surface area (Å²) in [6, 6.07) is 15.3. The summed E-state index contributed by atoms with van der Waals surface area (Å²) in [6.45, 7) is 2.40. The zero-order valence-corrected chi connectivity index (χ0v) is 16.3. The molecule has 1 fully saturated rings. The first kappa shape index (κ1) is 20.7. The Morgan fingerprint density at radius 2 is 1.88 bits per heavy atom. The zero-order chi connectivity index (χ0) is 17.9. The molecule has 1 heterocycles. The topological polar surface area (TPSA) is 78.4 Å². The minimum Gasteiger partial charge on any atom is -0.507 e. The molecule has 0 spiro atoms. The molecule has 142 valence electrons. The Kier molecular flexibility index (Phi) is 7.06. The summed E-state index contributed by atoms with van der Waals surface area (Å²) in [5, 5.41) is 14.1. The van der Waals surface area contributed by atoms with Crippen molar-refractivity contribution in [2.24, 2.45) is 0 Å². The van der Waals surface area contributed by atoms with Gasteiger partial charge in [0.25, 0.3) is 0 Å². The molecule has 26 heavy (non-hydrogen) atoms. The summed E-state index contributed by atoms with van der Waals surface area (Å²) in [4.78, 5) is 0. The van der Waals surface area contributed by atoms with Crippen molar-refractivity contribution in [1.82, 2.24) is 10.0 Å². The van der Waals surface area contributed by atoms with E-state index in [1.807, 2.05) is 48.5 Å². The van der Waals surface area contributed by atoms with Gasteiger partial charge in [-0.1, -0.05) is 48.5 Å². The van der Waals surface area contributed by atoms with E-state index in [2.05, 4.69) is 10.0 Å². The minimum atomic E-state index is -3.24. The van der Waals surface area contributed by atoms with Gasteiger partial charge in [-0.05, 0) is 37.4 Å². The van der Waals surface area contributed by atoms with Crippen LogP contribution in [0, 0.1) is 0 Å². The molecular formula is C19H25ClN2O3S. The predicted molar refractivity (Wildman–Crippen MR) is 107 cm³/mol. The Labute approximate surface area is 161 Å². The molecular weight excluding hydrogens is 372 g/mol. The van der Waals surface area contributed by atoms with E-state index in [1.54, 1.807) is 6.92 Å². The Balaban J connectivity index is 0.00000243. The van der Waals surface area contributed by atoms with Crippen LogP contribution in [0.15, 0.2) is 48.5 Å². The van der Waals surface area contributed by atoms with Crippen molar-refractivity contribution in [3.05, 3.63) is 54.1 Å². The average molecular weight is 397 g/mol. The zero-order valence-electron chi connectivity index (χ0n) is 14.7. The maximum absolute atomic E-state index is 11.9.